The van der Waals surface area contributed by atoms with Crippen LogP contribution in [0.15, 0.2) is 12.5 Å². The monoisotopic (exact) mass is 231 g/mol. The third-order valence-corrected chi connectivity index (χ3v) is 2.20. The molecule has 1 atom stereocenters. The van der Waals surface area contributed by atoms with E-state index in [4.69, 9.17) is 5.11 Å². The number of imidazole rings is 1. The van der Waals surface area contributed by atoms with Gasteiger partial charge >= 0.3 is 5.97 Å². The molecule has 0 spiro atoms. The van der Waals surface area contributed by atoms with Gasteiger partial charge in [-0.2, -0.15) is 0 Å². The van der Waals surface area contributed by atoms with Crippen LogP contribution in [0.2, 0.25) is 0 Å². The summed E-state index contributed by atoms with van der Waals surface area (Å²) in [5.74, 6) is -1.09. The van der Waals surface area contributed by atoms with Gasteiger partial charge in [0.15, 0.2) is 0 Å². The molecule has 6 nitrogen and oxygen atoms in total. The molecule has 0 saturated heterocycles. The Morgan fingerprint density at radius 1 is 1.73 bits per heavy atom. The van der Waals surface area contributed by atoms with Crippen LogP contribution >= 0.6 is 12.4 Å². The molecule has 0 bridgehead atoms. The van der Waals surface area contributed by atoms with Crippen LogP contribution < -0.4 is 5.32 Å². The maximum atomic E-state index is 11.3. The number of nitrogens with one attached hydrogen (secondary N) is 1. The predicted octanol–water partition coefficient (Wildman–Crippen LogP) is 0.0641. The average molecular weight is 232 g/mol. The zero-order valence-corrected chi connectivity index (χ0v) is 8.53. The highest BCUT2D eigenvalue weighted by molar-refractivity contribution is 5.93. The number of carboxylic acids is 1. The number of halogens is 1. The van der Waals surface area contributed by atoms with Crippen molar-refractivity contribution in [2.24, 2.45) is 0 Å². The molecule has 2 rings (SSSR count). The van der Waals surface area contributed by atoms with Crippen molar-refractivity contribution in [3.63, 3.8) is 0 Å². The van der Waals surface area contributed by atoms with Gasteiger partial charge in [-0.3, -0.25) is 9.59 Å². The molecule has 1 unspecified atom stereocenters. The average Bonchev–Trinajstić information content (AvgIpc) is 2.58. The van der Waals surface area contributed by atoms with Gasteiger partial charge in [0.05, 0.1) is 25.0 Å². The Bertz CT molecular complexity index is 390. The second-order valence-corrected chi connectivity index (χ2v) is 3.15. The number of rotatable bonds is 2. The molecule has 0 aromatic carbocycles. The molecule has 82 valence electrons. The van der Waals surface area contributed by atoms with Crippen molar-refractivity contribution in [3.8, 4) is 0 Å². The lowest BCUT2D eigenvalue weighted by Crippen LogP contribution is -2.39. The summed E-state index contributed by atoms with van der Waals surface area (Å²) >= 11 is 0. The highest BCUT2D eigenvalue weighted by Gasteiger charge is 2.26. The Hall–Kier alpha value is -1.56. The SMILES string of the molecule is Cl.O=C(O)CC1CNC(=O)c2cncn21. The summed E-state index contributed by atoms with van der Waals surface area (Å²) in [4.78, 5) is 25.6. The fourth-order valence-corrected chi connectivity index (χ4v) is 1.54. The molecular formula is C8H10ClN3O3. The van der Waals surface area contributed by atoms with Gasteiger partial charge in [-0.05, 0) is 0 Å². The maximum Gasteiger partial charge on any atom is 0.305 e. The molecule has 0 fully saturated rings. The van der Waals surface area contributed by atoms with Gasteiger partial charge in [0.2, 0.25) is 0 Å². The predicted molar refractivity (Wildman–Crippen MR) is 53.1 cm³/mol. The van der Waals surface area contributed by atoms with E-state index in [1.807, 2.05) is 0 Å². The summed E-state index contributed by atoms with van der Waals surface area (Å²) in [7, 11) is 0. The van der Waals surface area contributed by atoms with Crippen molar-refractivity contribution in [3.05, 3.63) is 18.2 Å². The van der Waals surface area contributed by atoms with Gasteiger partial charge in [0.1, 0.15) is 5.69 Å². The number of fused-ring (bicyclic) bond motifs is 1. The first-order valence-corrected chi connectivity index (χ1v) is 4.20. The summed E-state index contributed by atoms with van der Waals surface area (Å²) in [6.45, 7) is 0.342. The Balaban J connectivity index is 0.00000112. The molecule has 1 aromatic rings. The van der Waals surface area contributed by atoms with Crippen LogP contribution in [0.1, 0.15) is 23.0 Å². The van der Waals surface area contributed by atoms with E-state index in [2.05, 4.69) is 10.3 Å². The number of amides is 1. The van der Waals surface area contributed by atoms with E-state index < -0.39 is 5.97 Å². The van der Waals surface area contributed by atoms with E-state index in [0.29, 0.717) is 12.2 Å². The van der Waals surface area contributed by atoms with Gasteiger partial charge in [0.25, 0.3) is 5.91 Å². The Labute approximate surface area is 91.7 Å². The molecule has 7 heteroatoms. The minimum atomic E-state index is -0.884. The Morgan fingerprint density at radius 3 is 3.13 bits per heavy atom. The lowest BCUT2D eigenvalue weighted by Gasteiger charge is -2.24. The van der Waals surface area contributed by atoms with Crippen LogP contribution in [-0.2, 0) is 4.79 Å². The van der Waals surface area contributed by atoms with E-state index in [9.17, 15) is 9.59 Å². The Morgan fingerprint density at radius 2 is 2.47 bits per heavy atom. The zero-order chi connectivity index (χ0) is 10.1. The summed E-state index contributed by atoms with van der Waals surface area (Å²) < 4.78 is 1.60. The fraction of sp³-hybridized carbons (Fsp3) is 0.375. The first-order valence-electron chi connectivity index (χ1n) is 4.20. The van der Waals surface area contributed by atoms with Crippen molar-refractivity contribution in [2.45, 2.75) is 12.5 Å². The quantitative estimate of drug-likeness (QED) is 0.754. The van der Waals surface area contributed by atoms with Crippen LogP contribution in [0.25, 0.3) is 0 Å². The van der Waals surface area contributed by atoms with Crippen molar-refractivity contribution < 1.29 is 14.7 Å². The van der Waals surface area contributed by atoms with E-state index >= 15 is 0 Å². The number of aromatic nitrogens is 2. The van der Waals surface area contributed by atoms with Crippen LogP contribution in [0, 0.1) is 0 Å². The summed E-state index contributed by atoms with van der Waals surface area (Å²) in [6.07, 6.45) is 2.91. The fourth-order valence-electron chi connectivity index (χ4n) is 1.54. The van der Waals surface area contributed by atoms with E-state index in [1.165, 1.54) is 12.5 Å². The third kappa shape index (κ3) is 2.10. The van der Waals surface area contributed by atoms with Crippen LogP contribution in [0.5, 0.6) is 0 Å². The molecule has 1 aliphatic heterocycles. The van der Waals surface area contributed by atoms with E-state index in [-0.39, 0.29) is 30.8 Å². The number of hydrogen-bond acceptors (Lipinski definition) is 3. The lowest BCUT2D eigenvalue weighted by molar-refractivity contribution is -0.137. The van der Waals surface area contributed by atoms with Gasteiger partial charge < -0.3 is 15.0 Å². The van der Waals surface area contributed by atoms with E-state index in [0.717, 1.165) is 0 Å². The Kier molecular flexibility index (Phi) is 3.31. The first kappa shape index (κ1) is 11.5. The molecule has 1 aliphatic rings. The van der Waals surface area contributed by atoms with Gasteiger partial charge in [-0.1, -0.05) is 0 Å². The molecule has 0 aliphatic carbocycles. The number of hydrogen-bond donors (Lipinski definition) is 2. The maximum absolute atomic E-state index is 11.3. The zero-order valence-electron chi connectivity index (χ0n) is 7.71. The smallest absolute Gasteiger partial charge is 0.305 e. The van der Waals surface area contributed by atoms with Crippen LogP contribution in [0.3, 0.4) is 0 Å². The number of nitrogens with zero attached hydrogens (tertiary/aromatic N) is 2. The highest BCUT2D eigenvalue weighted by atomic mass is 35.5. The number of carbonyl (C=O) groups is 2. The lowest BCUT2D eigenvalue weighted by atomic mass is 10.1. The number of carboxylic acid groups (broad SMARTS) is 1. The third-order valence-electron chi connectivity index (χ3n) is 2.20. The molecule has 1 amide bonds. The molecule has 1 aromatic heterocycles. The first-order chi connectivity index (χ1) is 6.68. The molecular weight excluding hydrogens is 222 g/mol. The van der Waals surface area contributed by atoms with Gasteiger partial charge in [0, 0.05) is 6.54 Å². The van der Waals surface area contributed by atoms with Crippen molar-refractivity contribution in [2.75, 3.05) is 6.54 Å². The van der Waals surface area contributed by atoms with Crippen LogP contribution in [-0.4, -0.2) is 33.1 Å². The van der Waals surface area contributed by atoms with Crippen LogP contribution in [0.4, 0.5) is 0 Å². The topological polar surface area (TPSA) is 84.2 Å². The van der Waals surface area contributed by atoms with Gasteiger partial charge in [-0.15, -0.1) is 12.4 Å². The second kappa shape index (κ2) is 4.31. The largest absolute Gasteiger partial charge is 0.481 e. The van der Waals surface area contributed by atoms with Gasteiger partial charge in [-0.25, -0.2) is 4.98 Å². The van der Waals surface area contributed by atoms with Crippen molar-refractivity contribution in [1.29, 1.82) is 0 Å². The summed E-state index contributed by atoms with van der Waals surface area (Å²) in [5.41, 5.74) is 0.419. The minimum absolute atomic E-state index is 0. The summed E-state index contributed by atoms with van der Waals surface area (Å²) in [6, 6.07) is -0.234. The standard InChI is InChI=1S/C8H9N3O3.ClH/c12-7(13)1-5-2-10-8(14)6-3-9-4-11(5)6;/h3-5H,1-2H2,(H,10,14)(H,12,13);1H. The normalized spacial score (nSPS) is 18.7. The molecule has 0 saturated carbocycles. The highest BCUT2D eigenvalue weighted by Crippen LogP contribution is 2.17. The van der Waals surface area contributed by atoms with Crippen molar-refractivity contribution in [1.82, 2.24) is 14.9 Å². The second-order valence-electron chi connectivity index (χ2n) is 3.15. The summed E-state index contributed by atoms with van der Waals surface area (Å²) in [5, 5.41) is 11.3. The minimum Gasteiger partial charge on any atom is -0.481 e. The number of aliphatic carboxylic acids is 1. The van der Waals surface area contributed by atoms with Crippen molar-refractivity contribution >= 4 is 24.3 Å². The number of carbonyl (C=O) groups excluding carboxylic acids is 1. The molecule has 15 heavy (non-hydrogen) atoms. The molecule has 0 radical (unpaired) electrons. The van der Waals surface area contributed by atoms with E-state index in [1.54, 1.807) is 4.57 Å². The molecule has 2 N–H and O–H groups in total. The molecule has 2 heterocycles.